The van der Waals surface area contributed by atoms with Crippen LogP contribution in [0.3, 0.4) is 0 Å². The van der Waals surface area contributed by atoms with Crippen LogP contribution >= 0.6 is 0 Å². The molecule has 9 heteroatoms. The summed E-state index contributed by atoms with van der Waals surface area (Å²) in [4.78, 5) is 0. The molecule has 0 unspecified atom stereocenters. The molecular formula is C22H24F8O. The zero-order valence-electron chi connectivity index (χ0n) is 17.2. The molecule has 1 aromatic rings. The average Bonchev–Trinajstić information content (AvgIpc) is 2.68. The second-order valence-corrected chi connectivity index (χ2v) is 7.36. The first-order valence-electron chi connectivity index (χ1n) is 10.1. The van der Waals surface area contributed by atoms with E-state index in [0.29, 0.717) is 12.5 Å². The Morgan fingerprint density at radius 2 is 1.45 bits per heavy atom. The van der Waals surface area contributed by atoms with Crippen LogP contribution in [0.2, 0.25) is 0 Å². The SMILES string of the molecule is CCCCCc1ccc(C(F)(F)OCCC2=CC=C(CC)C(F)(F)C2(F)F)c(F)c1F. The quantitative estimate of drug-likeness (QED) is 0.259. The van der Waals surface area contributed by atoms with E-state index in [2.05, 4.69) is 4.74 Å². The number of hydrogen-bond acceptors (Lipinski definition) is 1. The number of alkyl halides is 6. The summed E-state index contributed by atoms with van der Waals surface area (Å²) < 4.78 is 117. The molecule has 0 spiro atoms. The van der Waals surface area contributed by atoms with Crippen LogP contribution in [0.5, 0.6) is 0 Å². The number of unbranched alkanes of at least 4 members (excludes halogenated alkanes) is 2. The molecule has 0 aromatic heterocycles. The van der Waals surface area contributed by atoms with Gasteiger partial charge in [0.1, 0.15) is 0 Å². The third-order valence-electron chi connectivity index (χ3n) is 5.25. The van der Waals surface area contributed by atoms with Crippen molar-refractivity contribution in [2.24, 2.45) is 0 Å². The van der Waals surface area contributed by atoms with E-state index in [-0.39, 0.29) is 18.4 Å². The lowest BCUT2D eigenvalue weighted by atomic mass is 9.88. The number of ether oxygens (including phenoxy) is 1. The molecule has 1 aliphatic carbocycles. The Morgan fingerprint density at radius 3 is 2.06 bits per heavy atom. The number of aryl methyl sites for hydroxylation is 1. The van der Waals surface area contributed by atoms with Crippen molar-refractivity contribution in [3.63, 3.8) is 0 Å². The highest BCUT2D eigenvalue weighted by Crippen LogP contribution is 2.49. The van der Waals surface area contributed by atoms with Gasteiger partial charge in [-0.1, -0.05) is 44.9 Å². The van der Waals surface area contributed by atoms with E-state index in [1.165, 1.54) is 6.92 Å². The van der Waals surface area contributed by atoms with Crippen molar-refractivity contribution in [1.82, 2.24) is 0 Å². The average molecular weight is 456 g/mol. The first-order chi connectivity index (χ1) is 14.4. The highest BCUT2D eigenvalue weighted by Gasteiger charge is 2.61. The minimum Gasteiger partial charge on any atom is -0.316 e. The van der Waals surface area contributed by atoms with E-state index in [1.807, 2.05) is 6.92 Å². The Hall–Kier alpha value is -1.90. The molecule has 1 nitrogen and oxygen atoms in total. The predicted molar refractivity (Wildman–Crippen MR) is 100 cm³/mol. The number of halogens is 8. The molecule has 0 N–H and O–H groups in total. The van der Waals surface area contributed by atoms with Gasteiger partial charge < -0.3 is 4.74 Å². The van der Waals surface area contributed by atoms with Crippen LogP contribution < -0.4 is 0 Å². The second-order valence-electron chi connectivity index (χ2n) is 7.36. The highest BCUT2D eigenvalue weighted by atomic mass is 19.3. The third kappa shape index (κ3) is 5.13. The van der Waals surface area contributed by atoms with Crippen LogP contribution in [0.4, 0.5) is 35.1 Å². The standard InChI is InChI=1S/C22H24F8O/c1-3-5-6-7-14-8-11-17(19(24)18(14)23)22(29,30)31-13-12-16-10-9-15(4-2)20(25,26)21(16,27)28/h8-11H,3-7,12-13H2,1-2H3. The van der Waals surface area contributed by atoms with Gasteiger partial charge in [-0.15, -0.1) is 0 Å². The normalized spacial score (nSPS) is 18.0. The van der Waals surface area contributed by atoms with Gasteiger partial charge >= 0.3 is 18.0 Å². The third-order valence-corrected chi connectivity index (χ3v) is 5.25. The van der Waals surface area contributed by atoms with E-state index < -0.39 is 59.3 Å². The summed E-state index contributed by atoms with van der Waals surface area (Å²) in [5.74, 6) is -12.2. The van der Waals surface area contributed by atoms with E-state index in [1.54, 1.807) is 0 Å². The highest BCUT2D eigenvalue weighted by molar-refractivity contribution is 5.37. The van der Waals surface area contributed by atoms with Crippen molar-refractivity contribution < 1.29 is 39.9 Å². The maximum atomic E-state index is 14.3. The summed E-state index contributed by atoms with van der Waals surface area (Å²) in [6, 6.07) is 1.70. The lowest BCUT2D eigenvalue weighted by Crippen LogP contribution is -2.45. The summed E-state index contributed by atoms with van der Waals surface area (Å²) in [6.07, 6.45) is -1.66. The molecule has 0 saturated heterocycles. The van der Waals surface area contributed by atoms with Gasteiger partial charge in [0, 0.05) is 11.1 Å². The van der Waals surface area contributed by atoms with Crippen LogP contribution in [0, 0.1) is 11.6 Å². The Labute approximate surface area is 175 Å². The Kier molecular flexibility index (Phi) is 7.94. The van der Waals surface area contributed by atoms with Crippen molar-refractivity contribution in [2.45, 2.75) is 70.3 Å². The van der Waals surface area contributed by atoms with Crippen LogP contribution in [0.1, 0.15) is 57.1 Å². The molecule has 0 atom stereocenters. The Bertz CT molecular complexity index is 842. The van der Waals surface area contributed by atoms with Crippen LogP contribution in [0.15, 0.2) is 35.4 Å². The van der Waals surface area contributed by atoms with Crippen molar-refractivity contribution in [3.05, 3.63) is 58.2 Å². The van der Waals surface area contributed by atoms with Gasteiger partial charge in [-0.25, -0.2) is 8.78 Å². The second kappa shape index (κ2) is 9.71. The smallest absolute Gasteiger partial charge is 0.316 e. The number of allylic oxidation sites excluding steroid dienone is 3. The fourth-order valence-corrected chi connectivity index (χ4v) is 3.33. The molecule has 0 bridgehead atoms. The molecule has 2 rings (SSSR count). The van der Waals surface area contributed by atoms with E-state index in [0.717, 1.165) is 31.1 Å². The lowest BCUT2D eigenvalue weighted by molar-refractivity contribution is -0.251. The van der Waals surface area contributed by atoms with Crippen LogP contribution in [-0.4, -0.2) is 18.5 Å². The molecule has 0 amide bonds. The van der Waals surface area contributed by atoms with E-state index in [9.17, 15) is 35.1 Å². The molecule has 1 aliphatic rings. The summed E-state index contributed by atoms with van der Waals surface area (Å²) in [5.41, 5.74) is -3.29. The van der Waals surface area contributed by atoms with Gasteiger partial charge in [0.2, 0.25) is 0 Å². The summed E-state index contributed by atoms with van der Waals surface area (Å²) in [5, 5.41) is 0. The van der Waals surface area contributed by atoms with Crippen molar-refractivity contribution in [1.29, 1.82) is 0 Å². The number of rotatable bonds is 10. The van der Waals surface area contributed by atoms with Crippen molar-refractivity contribution in [2.75, 3.05) is 6.61 Å². The Balaban J connectivity index is 2.11. The monoisotopic (exact) mass is 456 g/mol. The molecule has 174 valence electrons. The van der Waals surface area contributed by atoms with E-state index in [4.69, 9.17) is 0 Å². The van der Waals surface area contributed by atoms with Gasteiger partial charge in [0.25, 0.3) is 0 Å². The van der Waals surface area contributed by atoms with Crippen LogP contribution in [0.25, 0.3) is 0 Å². The molecule has 1 aromatic carbocycles. The summed E-state index contributed by atoms with van der Waals surface area (Å²) >= 11 is 0. The molecule has 0 saturated carbocycles. The number of benzene rings is 1. The molecule has 0 aliphatic heterocycles. The molecule has 0 fully saturated rings. The zero-order valence-corrected chi connectivity index (χ0v) is 17.2. The van der Waals surface area contributed by atoms with Crippen molar-refractivity contribution in [3.8, 4) is 0 Å². The van der Waals surface area contributed by atoms with E-state index >= 15 is 0 Å². The first-order valence-corrected chi connectivity index (χ1v) is 10.1. The summed E-state index contributed by atoms with van der Waals surface area (Å²) in [7, 11) is 0. The van der Waals surface area contributed by atoms with Gasteiger partial charge in [-0.3, -0.25) is 0 Å². The largest absolute Gasteiger partial charge is 0.386 e. The zero-order chi connectivity index (χ0) is 23.4. The van der Waals surface area contributed by atoms with Gasteiger partial charge in [0.15, 0.2) is 11.6 Å². The van der Waals surface area contributed by atoms with Gasteiger partial charge in [0.05, 0.1) is 12.2 Å². The van der Waals surface area contributed by atoms with Crippen LogP contribution in [-0.2, 0) is 17.3 Å². The minimum absolute atomic E-state index is 0.0572. The fourth-order valence-electron chi connectivity index (χ4n) is 3.33. The van der Waals surface area contributed by atoms with Gasteiger partial charge in [-0.05, 0) is 37.3 Å². The number of hydrogen-bond donors (Lipinski definition) is 0. The molecule has 31 heavy (non-hydrogen) atoms. The maximum Gasteiger partial charge on any atom is 0.386 e. The first kappa shape index (κ1) is 25.4. The Morgan fingerprint density at radius 1 is 0.839 bits per heavy atom. The molecule has 0 radical (unpaired) electrons. The molecule has 0 heterocycles. The summed E-state index contributed by atoms with van der Waals surface area (Å²) in [6.45, 7) is 2.11. The van der Waals surface area contributed by atoms with Crippen molar-refractivity contribution >= 4 is 0 Å². The predicted octanol–water partition coefficient (Wildman–Crippen LogP) is 7.70. The lowest BCUT2D eigenvalue weighted by Gasteiger charge is -2.33. The topological polar surface area (TPSA) is 9.23 Å². The molecular weight excluding hydrogens is 432 g/mol. The minimum atomic E-state index is -4.57. The fraction of sp³-hybridized carbons (Fsp3) is 0.545. The maximum absolute atomic E-state index is 14.3. The van der Waals surface area contributed by atoms with Gasteiger partial charge in [-0.2, -0.15) is 26.3 Å².